The minimum atomic E-state index is -4.58. The summed E-state index contributed by atoms with van der Waals surface area (Å²) in [6, 6.07) is 2.44. The summed E-state index contributed by atoms with van der Waals surface area (Å²) in [4.78, 5) is 11.0. The highest BCUT2D eigenvalue weighted by molar-refractivity contribution is 5.91. The topological polar surface area (TPSA) is 55.8 Å². The van der Waals surface area contributed by atoms with Crippen LogP contribution < -0.4 is 4.74 Å². The van der Waals surface area contributed by atoms with Gasteiger partial charge in [0, 0.05) is 12.5 Å². The van der Waals surface area contributed by atoms with Crippen molar-refractivity contribution in [3.63, 3.8) is 0 Å². The molecule has 1 fully saturated rings. The highest BCUT2D eigenvalue weighted by Crippen LogP contribution is 2.32. The van der Waals surface area contributed by atoms with Gasteiger partial charge < -0.3 is 14.6 Å². The lowest BCUT2D eigenvalue weighted by Gasteiger charge is -2.14. The number of halogens is 3. The first-order chi connectivity index (χ1) is 9.38. The summed E-state index contributed by atoms with van der Waals surface area (Å²) >= 11 is 0. The Labute approximate surface area is 113 Å². The Hall–Kier alpha value is -1.76. The van der Waals surface area contributed by atoms with E-state index in [-0.39, 0.29) is 18.3 Å². The zero-order valence-corrected chi connectivity index (χ0v) is 10.4. The molecule has 0 bridgehead atoms. The Balaban J connectivity index is 2.17. The number of alkyl halides is 3. The summed E-state index contributed by atoms with van der Waals surface area (Å²) in [5.41, 5.74) is -1.50. The fourth-order valence-corrected chi connectivity index (χ4v) is 1.92. The molecule has 1 atom stereocenters. The second kappa shape index (κ2) is 5.70. The van der Waals surface area contributed by atoms with Gasteiger partial charge in [-0.15, -0.1) is 0 Å². The van der Waals surface area contributed by atoms with E-state index in [1.54, 1.807) is 0 Å². The zero-order valence-electron chi connectivity index (χ0n) is 10.4. The molecule has 0 spiro atoms. The van der Waals surface area contributed by atoms with E-state index >= 15 is 0 Å². The molecule has 1 aromatic rings. The van der Waals surface area contributed by atoms with Crippen LogP contribution in [-0.2, 0) is 10.9 Å². The fraction of sp³-hybridized carbons (Fsp3) is 0.462. The molecular formula is C13H13F3O4. The van der Waals surface area contributed by atoms with Crippen molar-refractivity contribution in [3.8, 4) is 5.75 Å². The van der Waals surface area contributed by atoms with Gasteiger partial charge in [0.15, 0.2) is 0 Å². The third-order valence-electron chi connectivity index (χ3n) is 3.04. The quantitative estimate of drug-likeness (QED) is 0.926. The first-order valence-electron chi connectivity index (χ1n) is 6.03. The standard InChI is InChI=1S/C13H13F3O4/c14-13(15,16)9-1-2-11(10(5-9)12(17)18)20-7-8-3-4-19-6-8/h1-2,5,8H,3-4,6-7H2,(H,17,18). The number of hydrogen-bond acceptors (Lipinski definition) is 3. The molecule has 1 aliphatic heterocycles. The molecule has 1 aliphatic rings. The van der Waals surface area contributed by atoms with E-state index in [0.717, 1.165) is 18.6 Å². The molecule has 1 aromatic carbocycles. The Morgan fingerprint density at radius 3 is 2.75 bits per heavy atom. The Kier molecular flexibility index (Phi) is 4.17. The molecule has 4 nitrogen and oxygen atoms in total. The lowest BCUT2D eigenvalue weighted by atomic mass is 10.1. The van der Waals surface area contributed by atoms with E-state index in [1.807, 2.05) is 0 Å². The number of benzene rings is 1. The van der Waals surface area contributed by atoms with Gasteiger partial charge in [-0.2, -0.15) is 13.2 Å². The van der Waals surface area contributed by atoms with Crippen molar-refractivity contribution in [1.29, 1.82) is 0 Å². The van der Waals surface area contributed by atoms with Crippen molar-refractivity contribution in [2.75, 3.05) is 19.8 Å². The summed E-state index contributed by atoms with van der Waals surface area (Å²) in [5, 5.41) is 8.98. The van der Waals surface area contributed by atoms with E-state index in [1.165, 1.54) is 0 Å². The summed E-state index contributed by atoms with van der Waals surface area (Å²) in [6.07, 6.45) is -3.79. The number of carboxylic acid groups (broad SMARTS) is 1. The van der Waals surface area contributed by atoms with Crippen molar-refractivity contribution < 1.29 is 32.5 Å². The third kappa shape index (κ3) is 3.41. The van der Waals surface area contributed by atoms with Gasteiger partial charge in [-0.05, 0) is 24.6 Å². The van der Waals surface area contributed by atoms with E-state index in [9.17, 15) is 18.0 Å². The molecular weight excluding hydrogens is 277 g/mol. The van der Waals surface area contributed by atoms with Crippen molar-refractivity contribution in [3.05, 3.63) is 29.3 Å². The lowest BCUT2D eigenvalue weighted by molar-refractivity contribution is -0.137. The van der Waals surface area contributed by atoms with Crippen LogP contribution in [0.15, 0.2) is 18.2 Å². The SMILES string of the molecule is O=C(O)c1cc(C(F)(F)F)ccc1OCC1CCOC1. The van der Waals surface area contributed by atoms with Gasteiger partial charge in [0.25, 0.3) is 0 Å². The molecule has 20 heavy (non-hydrogen) atoms. The van der Waals surface area contributed by atoms with Crippen LogP contribution in [0.2, 0.25) is 0 Å². The van der Waals surface area contributed by atoms with Gasteiger partial charge in [-0.1, -0.05) is 0 Å². The van der Waals surface area contributed by atoms with E-state index in [4.69, 9.17) is 14.6 Å². The molecule has 0 radical (unpaired) electrons. The first-order valence-corrected chi connectivity index (χ1v) is 6.03. The normalized spacial score (nSPS) is 19.1. The smallest absolute Gasteiger partial charge is 0.416 e. The predicted octanol–water partition coefficient (Wildman–Crippen LogP) is 2.82. The van der Waals surface area contributed by atoms with Crippen LogP contribution >= 0.6 is 0 Å². The highest BCUT2D eigenvalue weighted by Gasteiger charge is 2.32. The van der Waals surface area contributed by atoms with Gasteiger partial charge >= 0.3 is 12.1 Å². The Morgan fingerprint density at radius 1 is 1.45 bits per heavy atom. The zero-order chi connectivity index (χ0) is 14.8. The van der Waals surface area contributed by atoms with Crippen LogP contribution in [0.4, 0.5) is 13.2 Å². The van der Waals surface area contributed by atoms with Gasteiger partial charge in [0.1, 0.15) is 11.3 Å². The fourth-order valence-electron chi connectivity index (χ4n) is 1.92. The number of carboxylic acids is 1. The molecule has 0 saturated carbocycles. The van der Waals surface area contributed by atoms with Gasteiger partial charge in [0.2, 0.25) is 0 Å². The molecule has 2 rings (SSSR count). The number of carbonyl (C=O) groups is 1. The van der Waals surface area contributed by atoms with Crippen LogP contribution in [0, 0.1) is 5.92 Å². The second-order valence-corrected chi connectivity index (χ2v) is 4.55. The third-order valence-corrected chi connectivity index (χ3v) is 3.04. The molecule has 0 aromatic heterocycles. The average molecular weight is 290 g/mol. The number of aromatic carboxylic acids is 1. The maximum Gasteiger partial charge on any atom is 0.416 e. The van der Waals surface area contributed by atoms with Crippen molar-refractivity contribution >= 4 is 5.97 Å². The van der Waals surface area contributed by atoms with Crippen molar-refractivity contribution in [1.82, 2.24) is 0 Å². The molecule has 1 saturated heterocycles. The summed E-state index contributed by atoms with van der Waals surface area (Å²) < 4.78 is 48.1. The molecule has 0 amide bonds. The number of hydrogen-bond donors (Lipinski definition) is 1. The van der Waals surface area contributed by atoms with Crippen LogP contribution in [0.5, 0.6) is 5.75 Å². The van der Waals surface area contributed by atoms with Gasteiger partial charge in [0.05, 0.1) is 18.8 Å². The van der Waals surface area contributed by atoms with Gasteiger partial charge in [-0.3, -0.25) is 0 Å². The predicted molar refractivity (Wildman–Crippen MR) is 62.8 cm³/mol. The summed E-state index contributed by atoms with van der Waals surface area (Å²) in [7, 11) is 0. The monoisotopic (exact) mass is 290 g/mol. The molecule has 1 N–H and O–H groups in total. The van der Waals surface area contributed by atoms with Gasteiger partial charge in [-0.25, -0.2) is 4.79 Å². The Morgan fingerprint density at radius 2 is 2.20 bits per heavy atom. The second-order valence-electron chi connectivity index (χ2n) is 4.55. The maximum atomic E-state index is 12.5. The van der Waals surface area contributed by atoms with Crippen LogP contribution in [-0.4, -0.2) is 30.9 Å². The average Bonchev–Trinajstić information content (AvgIpc) is 2.88. The molecule has 1 heterocycles. The van der Waals surface area contributed by atoms with Crippen LogP contribution in [0.25, 0.3) is 0 Å². The number of ether oxygens (including phenoxy) is 2. The summed E-state index contributed by atoms with van der Waals surface area (Å²) in [6.45, 7) is 1.36. The first kappa shape index (κ1) is 14.6. The van der Waals surface area contributed by atoms with Crippen molar-refractivity contribution in [2.24, 2.45) is 5.92 Å². The van der Waals surface area contributed by atoms with E-state index in [2.05, 4.69) is 0 Å². The van der Waals surface area contributed by atoms with E-state index < -0.39 is 23.3 Å². The Bertz CT molecular complexity index is 493. The van der Waals surface area contributed by atoms with Crippen molar-refractivity contribution in [2.45, 2.75) is 12.6 Å². The maximum absolute atomic E-state index is 12.5. The minimum Gasteiger partial charge on any atom is -0.492 e. The molecule has 110 valence electrons. The molecule has 0 aliphatic carbocycles. The lowest BCUT2D eigenvalue weighted by Crippen LogP contribution is -2.14. The number of rotatable bonds is 4. The molecule has 1 unspecified atom stereocenters. The highest BCUT2D eigenvalue weighted by atomic mass is 19.4. The van der Waals surface area contributed by atoms with Crippen LogP contribution in [0.3, 0.4) is 0 Å². The summed E-state index contributed by atoms with van der Waals surface area (Å²) in [5.74, 6) is -1.37. The van der Waals surface area contributed by atoms with Crippen LogP contribution in [0.1, 0.15) is 22.3 Å². The molecule has 7 heteroatoms. The van der Waals surface area contributed by atoms with E-state index in [0.29, 0.717) is 19.3 Å². The minimum absolute atomic E-state index is 0.0580. The largest absolute Gasteiger partial charge is 0.492 e.